The molecule has 15 heteroatoms. The number of nitrogens with one attached hydrogen (secondary N) is 2. The van der Waals surface area contributed by atoms with Crippen LogP contribution in [0.4, 0.5) is 5.82 Å². The van der Waals surface area contributed by atoms with Gasteiger partial charge in [0.2, 0.25) is 11.2 Å². The maximum Gasteiger partial charge on any atom is 0.264 e. The van der Waals surface area contributed by atoms with Gasteiger partial charge in [-0.15, -0.1) is 0 Å². The Labute approximate surface area is 212 Å². The number of amides is 2. The van der Waals surface area contributed by atoms with Gasteiger partial charge in [-0.05, 0) is 52.4 Å². The van der Waals surface area contributed by atoms with Crippen molar-refractivity contribution >= 4 is 73.1 Å². The van der Waals surface area contributed by atoms with Crippen molar-refractivity contribution < 1.29 is 26.9 Å². The Morgan fingerprint density at radius 2 is 2.09 bits per heavy atom. The predicted molar refractivity (Wildman–Crippen MR) is 130 cm³/mol. The summed E-state index contributed by atoms with van der Waals surface area (Å²) < 4.78 is 36.8. The summed E-state index contributed by atoms with van der Waals surface area (Å²) in [6, 6.07) is 6.94. The fraction of sp³-hybridized carbons (Fsp3) is 0.316. The molecule has 1 fully saturated rings. The highest BCUT2D eigenvalue weighted by Crippen LogP contribution is 2.35. The first kappa shape index (κ1) is 24.7. The van der Waals surface area contributed by atoms with Gasteiger partial charge in [-0.25, -0.2) is 4.98 Å². The number of carbonyl (C=O) groups excluding carboxylic acids is 2. The molecule has 2 N–H and O–H groups in total. The van der Waals surface area contributed by atoms with Gasteiger partial charge in [0.15, 0.2) is 23.2 Å². The van der Waals surface area contributed by atoms with Crippen LogP contribution in [0.2, 0.25) is 5.28 Å². The smallest absolute Gasteiger partial charge is 0.264 e. The molecule has 3 unspecified atom stereocenters. The number of nitrogens with zero attached hydrogens (tertiary/aromatic N) is 4. The van der Waals surface area contributed by atoms with Gasteiger partial charge in [0.1, 0.15) is 12.2 Å². The maximum atomic E-state index is 12.7. The first-order chi connectivity index (χ1) is 16.1. The topological polar surface area (TPSA) is 154 Å². The molecule has 0 bridgehead atoms. The van der Waals surface area contributed by atoms with Gasteiger partial charge in [-0.1, -0.05) is 6.07 Å². The minimum Gasteiger partial charge on any atom is -0.357 e. The SMILES string of the molecule is CNC(=O)C1CC(OS(C)(=O)=O)C(n2cnc3c(NC(=O)c4cccc(I)c4)nc(Cl)nc32)O1. The highest BCUT2D eigenvalue weighted by Gasteiger charge is 2.43. The Balaban J connectivity index is 1.71. The second-order valence-electron chi connectivity index (χ2n) is 7.33. The third kappa shape index (κ3) is 5.30. The molecule has 2 aromatic heterocycles. The normalized spacial score (nSPS) is 20.4. The van der Waals surface area contributed by atoms with Crippen molar-refractivity contribution in [1.82, 2.24) is 24.8 Å². The van der Waals surface area contributed by atoms with E-state index in [2.05, 4.69) is 48.2 Å². The summed E-state index contributed by atoms with van der Waals surface area (Å²) in [5.74, 6) is -0.814. The summed E-state index contributed by atoms with van der Waals surface area (Å²) in [4.78, 5) is 37.4. The molecule has 1 aliphatic heterocycles. The molecule has 0 saturated carbocycles. The van der Waals surface area contributed by atoms with Crippen LogP contribution in [0.15, 0.2) is 30.6 Å². The lowest BCUT2D eigenvalue weighted by molar-refractivity contribution is -0.133. The molecule has 0 radical (unpaired) electrons. The number of hydrogen-bond donors (Lipinski definition) is 2. The monoisotopic (exact) mass is 620 g/mol. The third-order valence-corrected chi connectivity index (χ3v) is 6.33. The third-order valence-electron chi connectivity index (χ3n) is 4.89. The summed E-state index contributed by atoms with van der Waals surface area (Å²) in [5.41, 5.74) is 0.749. The van der Waals surface area contributed by atoms with Crippen LogP contribution in [0, 0.1) is 3.57 Å². The van der Waals surface area contributed by atoms with Gasteiger partial charge in [-0.3, -0.25) is 18.3 Å². The molecule has 1 aliphatic rings. The van der Waals surface area contributed by atoms with Crippen molar-refractivity contribution in [2.45, 2.75) is 24.9 Å². The van der Waals surface area contributed by atoms with Gasteiger partial charge < -0.3 is 15.4 Å². The largest absolute Gasteiger partial charge is 0.357 e. The van der Waals surface area contributed by atoms with E-state index in [1.54, 1.807) is 18.2 Å². The quantitative estimate of drug-likeness (QED) is 0.238. The number of ether oxygens (including phenoxy) is 1. The number of hydrogen-bond acceptors (Lipinski definition) is 9. The molecule has 3 heterocycles. The van der Waals surface area contributed by atoms with Gasteiger partial charge in [0.05, 0.1) is 12.6 Å². The number of benzene rings is 1. The van der Waals surface area contributed by atoms with Crippen molar-refractivity contribution in [3.05, 3.63) is 45.0 Å². The highest BCUT2D eigenvalue weighted by atomic mass is 127. The molecule has 0 spiro atoms. The van der Waals surface area contributed by atoms with Crippen LogP contribution in [-0.2, 0) is 23.8 Å². The molecule has 180 valence electrons. The lowest BCUT2D eigenvalue weighted by atomic mass is 10.2. The van der Waals surface area contributed by atoms with Gasteiger partial charge in [-0.2, -0.15) is 18.4 Å². The number of fused-ring (bicyclic) bond motifs is 1. The molecule has 3 atom stereocenters. The van der Waals surface area contributed by atoms with Crippen LogP contribution in [0.25, 0.3) is 11.2 Å². The summed E-state index contributed by atoms with van der Waals surface area (Å²) in [5, 5.41) is 4.95. The lowest BCUT2D eigenvalue weighted by Gasteiger charge is -2.19. The summed E-state index contributed by atoms with van der Waals surface area (Å²) in [6.45, 7) is 0. The van der Waals surface area contributed by atoms with Crippen LogP contribution < -0.4 is 10.6 Å². The Kier molecular flexibility index (Phi) is 7.04. The van der Waals surface area contributed by atoms with Gasteiger partial charge in [0, 0.05) is 22.6 Å². The summed E-state index contributed by atoms with van der Waals surface area (Å²) >= 11 is 8.21. The molecule has 12 nitrogen and oxygen atoms in total. The number of likely N-dealkylation sites (N-methyl/N-ethyl adjacent to an activating group) is 1. The fourth-order valence-corrected chi connectivity index (χ4v) is 4.83. The number of anilines is 1. The molecule has 3 aromatic rings. The van der Waals surface area contributed by atoms with E-state index >= 15 is 0 Å². The van der Waals surface area contributed by atoms with E-state index in [1.807, 2.05) is 6.07 Å². The second-order valence-corrected chi connectivity index (χ2v) is 10.5. The first-order valence-electron chi connectivity index (χ1n) is 9.78. The van der Waals surface area contributed by atoms with E-state index in [-0.39, 0.29) is 28.7 Å². The van der Waals surface area contributed by atoms with Crippen molar-refractivity contribution in [2.24, 2.45) is 0 Å². The van der Waals surface area contributed by atoms with E-state index < -0.39 is 40.4 Å². The summed E-state index contributed by atoms with van der Waals surface area (Å²) in [7, 11) is -2.43. The maximum absolute atomic E-state index is 12.7. The highest BCUT2D eigenvalue weighted by molar-refractivity contribution is 14.1. The van der Waals surface area contributed by atoms with E-state index in [0.29, 0.717) is 5.56 Å². The van der Waals surface area contributed by atoms with Crippen molar-refractivity contribution in [3.8, 4) is 0 Å². The number of carbonyl (C=O) groups is 2. The van der Waals surface area contributed by atoms with Crippen LogP contribution in [-0.4, -0.2) is 65.3 Å². The zero-order chi connectivity index (χ0) is 24.6. The van der Waals surface area contributed by atoms with E-state index in [0.717, 1.165) is 9.83 Å². The molecule has 34 heavy (non-hydrogen) atoms. The predicted octanol–water partition coefficient (Wildman–Crippen LogP) is 1.71. The first-order valence-corrected chi connectivity index (χ1v) is 13.1. The van der Waals surface area contributed by atoms with Crippen molar-refractivity contribution in [3.63, 3.8) is 0 Å². The molecule has 2 amide bonds. The fourth-order valence-electron chi connectivity index (χ4n) is 3.50. The lowest BCUT2D eigenvalue weighted by Crippen LogP contribution is -2.31. The minimum absolute atomic E-state index is 0.0217. The Bertz CT molecular complexity index is 1380. The molecule has 0 aliphatic carbocycles. The Hall–Kier alpha value is -2.40. The minimum atomic E-state index is -3.87. The van der Waals surface area contributed by atoms with Crippen LogP contribution in [0.3, 0.4) is 0 Å². The van der Waals surface area contributed by atoms with E-state index in [1.165, 1.54) is 17.9 Å². The Morgan fingerprint density at radius 3 is 2.76 bits per heavy atom. The molecular weight excluding hydrogens is 603 g/mol. The molecule has 4 rings (SSSR count). The average molecular weight is 621 g/mol. The molecule has 1 saturated heterocycles. The van der Waals surface area contributed by atoms with Gasteiger partial charge >= 0.3 is 0 Å². The van der Waals surface area contributed by atoms with Crippen molar-refractivity contribution in [2.75, 3.05) is 18.6 Å². The average Bonchev–Trinajstić information content (AvgIpc) is 3.35. The second kappa shape index (κ2) is 9.69. The van der Waals surface area contributed by atoms with E-state index in [4.69, 9.17) is 20.5 Å². The molecular formula is C19H18ClIN6O6S. The van der Waals surface area contributed by atoms with Crippen LogP contribution in [0.5, 0.6) is 0 Å². The Morgan fingerprint density at radius 1 is 1.32 bits per heavy atom. The van der Waals surface area contributed by atoms with Crippen LogP contribution in [0.1, 0.15) is 23.0 Å². The zero-order valence-electron chi connectivity index (χ0n) is 17.7. The zero-order valence-corrected chi connectivity index (χ0v) is 21.5. The van der Waals surface area contributed by atoms with E-state index in [9.17, 15) is 18.0 Å². The molecule has 1 aromatic carbocycles. The van der Waals surface area contributed by atoms with Crippen LogP contribution >= 0.6 is 34.2 Å². The number of halogens is 2. The number of aromatic nitrogens is 4. The van der Waals surface area contributed by atoms with Crippen molar-refractivity contribution in [1.29, 1.82) is 0 Å². The number of rotatable bonds is 6. The number of imidazole rings is 1. The van der Waals surface area contributed by atoms with Gasteiger partial charge in [0.25, 0.3) is 16.0 Å². The standard InChI is InChI=1S/C19H18ClIN6O6S/c1-22-17(29)11-7-12(33-34(2,30)31)18(32-11)27-8-23-13-14(25-19(20)26-15(13)27)24-16(28)9-4-3-5-10(21)6-9/h3-6,8,11-12,18H,7H2,1-2H3,(H,22,29)(H,24,25,26,28). The summed E-state index contributed by atoms with van der Waals surface area (Å²) in [6.07, 6.45) is -0.851.